The van der Waals surface area contributed by atoms with Gasteiger partial charge in [0, 0.05) is 5.54 Å². The molecule has 76 valence electrons. The largest absolute Gasteiger partial charge is 0.394 e. The lowest BCUT2D eigenvalue weighted by molar-refractivity contribution is 0.132. The topological polar surface area (TPSA) is 92.5 Å². The average molecular weight is 178 g/mol. The first-order chi connectivity index (χ1) is 5.20. The zero-order valence-electron chi connectivity index (χ0n) is 8.41. The molecule has 6 N–H and O–H groups in total. The molecule has 0 rings (SSSR count). The first-order valence-electron chi connectivity index (χ1n) is 4.04. The summed E-state index contributed by atoms with van der Waals surface area (Å²) in [5, 5.41) is 16.7. The lowest BCUT2D eigenvalue weighted by Crippen LogP contribution is -2.35. The van der Waals surface area contributed by atoms with Crippen molar-refractivity contribution in [3.63, 3.8) is 0 Å². The molecule has 0 radical (unpaired) electrons. The molecule has 0 amide bonds. The quantitative estimate of drug-likeness (QED) is 0.434. The van der Waals surface area contributed by atoms with E-state index in [2.05, 4.69) is 0 Å². The molecule has 12 heavy (non-hydrogen) atoms. The van der Waals surface area contributed by atoms with Gasteiger partial charge in [0.2, 0.25) is 0 Å². The maximum absolute atomic E-state index is 8.41. The minimum absolute atomic E-state index is 0.0486. The normalized spacial score (nSPS) is 13.8. The van der Waals surface area contributed by atoms with Gasteiger partial charge in [-0.25, -0.2) is 0 Å². The second-order valence-electron chi connectivity index (χ2n) is 3.88. The molecule has 0 saturated heterocycles. The predicted molar refractivity (Wildman–Crippen MR) is 50.4 cm³/mol. The molecule has 0 fully saturated rings. The fourth-order valence-electron chi connectivity index (χ4n) is 0. The summed E-state index contributed by atoms with van der Waals surface area (Å²) in [7, 11) is 0. The second-order valence-corrected chi connectivity index (χ2v) is 3.88. The van der Waals surface area contributed by atoms with Crippen LogP contribution in [-0.4, -0.2) is 28.6 Å². The molecule has 0 aliphatic rings. The molecule has 4 nitrogen and oxygen atoms in total. The third kappa shape index (κ3) is 16.4. The number of hydrogen-bond donors (Lipinski definition) is 4. The zero-order valence-corrected chi connectivity index (χ0v) is 8.41. The summed E-state index contributed by atoms with van der Waals surface area (Å²) in [6, 6.07) is 0. The van der Waals surface area contributed by atoms with Crippen LogP contribution in [0.15, 0.2) is 0 Å². The molecular formula is C8H22N2O2. The lowest BCUT2D eigenvalue weighted by atomic mass is 10.1. The van der Waals surface area contributed by atoms with Crippen LogP contribution in [0.2, 0.25) is 0 Å². The van der Waals surface area contributed by atoms with Gasteiger partial charge >= 0.3 is 0 Å². The van der Waals surface area contributed by atoms with Gasteiger partial charge in [0.15, 0.2) is 0 Å². The van der Waals surface area contributed by atoms with E-state index in [9.17, 15) is 0 Å². The van der Waals surface area contributed by atoms with Gasteiger partial charge in [-0.05, 0) is 19.8 Å². The first kappa shape index (κ1) is 14.4. The Hall–Kier alpha value is -0.160. The number of hydrogen-bond acceptors (Lipinski definition) is 4. The second kappa shape index (κ2) is 6.37. The molecule has 0 heterocycles. The van der Waals surface area contributed by atoms with Gasteiger partial charge in [0.1, 0.15) is 6.23 Å². The summed E-state index contributed by atoms with van der Waals surface area (Å²) in [5.74, 6) is 0.185. The lowest BCUT2D eigenvalue weighted by Gasteiger charge is -2.12. The SMILES string of the molecule is CC(C)(N)CO.CC(C)C(N)O. The van der Waals surface area contributed by atoms with Crippen LogP contribution in [0.25, 0.3) is 0 Å². The Balaban J connectivity index is 0. The molecule has 1 unspecified atom stereocenters. The third-order valence-corrected chi connectivity index (χ3v) is 1.09. The van der Waals surface area contributed by atoms with Crippen molar-refractivity contribution in [2.75, 3.05) is 6.61 Å². The van der Waals surface area contributed by atoms with Crippen LogP contribution < -0.4 is 11.5 Å². The van der Waals surface area contributed by atoms with Crippen molar-refractivity contribution < 1.29 is 10.2 Å². The van der Waals surface area contributed by atoms with Gasteiger partial charge in [-0.2, -0.15) is 0 Å². The Morgan fingerprint density at radius 2 is 1.50 bits per heavy atom. The Morgan fingerprint density at radius 1 is 1.33 bits per heavy atom. The van der Waals surface area contributed by atoms with E-state index in [1.165, 1.54) is 0 Å². The number of rotatable bonds is 2. The van der Waals surface area contributed by atoms with E-state index in [0.29, 0.717) is 0 Å². The molecule has 0 aromatic rings. The van der Waals surface area contributed by atoms with Crippen molar-refractivity contribution in [3.8, 4) is 0 Å². The Bertz CT molecular complexity index is 91.7. The Labute approximate surface area is 74.6 Å². The first-order valence-corrected chi connectivity index (χ1v) is 4.04. The van der Waals surface area contributed by atoms with Crippen LogP contribution in [0.3, 0.4) is 0 Å². The van der Waals surface area contributed by atoms with Crippen molar-refractivity contribution in [1.29, 1.82) is 0 Å². The molecule has 4 heteroatoms. The standard InChI is InChI=1S/2C4H11NO/c1-4(2,5)3-6;1-3(2)4(5)6/h6H,3,5H2,1-2H3;3-4,6H,5H2,1-2H3. The highest BCUT2D eigenvalue weighted by molar-refractivity contribution is 4.67. The van der Waals surface area contributed by atoms with E-state index in [0.717, 1.165) is 0 Å². The molecule has 0 saturated carbocycles. The molecular weight excluding hydrogens is 156 g/mol. The minimum atomic E-state index is -0.648. The monoisotopic (exact) mass is 178 g/mol. The highest BCUT2D eigenvalue weighted by atomic mass is 16.3. The summed E-state index contributed by atoms with van der Waals surface area (Å²) >= 11 is 0. The van der Waals surface area contributed by atoms with Crippen LogP contribution in [0, 0.1) is 5.92 Å². The van der Waals surface area contributed by atoms with Crippen molar-refractivity contribution in [2.45, 2.75) is 39.5 Å². The van der Waals surface area contributed by atoms with E-state index < -0.39 is 11.8 Å². The van der Waals surface area contributed by atoms with Crippen molar-refractivity contribution >= 4 is 0 Å². The van der Waals surface area contributed by atoms with Gasteiger partial charge in [-0.1, -0.05) is 13.8 Å². The van der Waals surface area contributed by atoms with Crippen LogP contribution in [0.5, 0.6) is 0 Å². The maximum atomic E-state index is 8.41. The van der Waals surface area contributed by atoms with Gasteiger partial charge in [-0.15, -0.1) is 0 Å². The maximum Gasteiger partial charge on any atom is 0.104 e. The zero-order chi connectivity index (χ0) is 10.4. The fourth-order valence-corrected chi connectivity index (χ4v) is 0. The molecule has 1 atom stereocenters. The molecule has 0 aromatic heterocycles. The van der Waals surface area contributed by atoms with E-state index >= 15 is 0 Å². The predicted octanol–water partition coefficient (Wildman–Crippen LogP) is -0.364. The van der Waals surface area contributed by atoms with E-state index in [1.54, 1.807) is 13.8 Å². The minimum Gasteiger partial charge on any atom is -0.394 e. The van der Waals surface area contributed by atoms with Crippen LogP contribution >= 0.6 is 0 Å². The Kier molecular flexibility index (Phi) is 7.62. The van der Waals surface area contributed by atoms with E-state index in [1.807, 2.05) is 13.8 Å². The highest BCUT2D eigenvalue weighted by Gasteiger charge is 2.05. The van der Waals surface area contributed by atoms with E-state index in [4.69, 9.17) is 21.7 Å². The molecule has 0 aliphatic heterocycles. The summed E-state index contributed by atoms with van der Waals surface area (Å²) in [4.78, 5) is 0. The Morgan fingerprint density at radius 3 is 1.50 bits per heavy atom. The molecule has 0 aromatic carbocycles. The van der Waals surface area contributed by atoms with Gasteiger partial charge in [-0.3, -0.25) is 0 Å². The molecule has 0 spiro atoms. The smallest absolute Gasteiger partial charge is 0.104 e. The third-order valence-electron chi connectivity index (χ3n) is 1.09. The van der Waals surface area contributed by atoms with Crippen LogP contribution in [-0.2, 0) is 0 Å². The average Bonchev–Trinajstić information content (AvgIpc) is 1.87. The van der Waals surface area contributed by atoms with Crippen molar-refractivity contribution in [1.82, 2.24) is 0 Å². The summed E-state index contributed by atoms with van der Waals surface area (Å²) in [5.41, 5.74) is 9.87. The fraction of sp³-hybridized carbons (Fsp3) is 1.00. The molecule has 0 bridgehead atoms. The summed E-state index contributed by atoms with van der Waals surface area (Å²) < 4.78 is 0. The highest BCUT2D eigenvalue weighted by Crippen LogP contribution is 1.91. The van der Waals surface area contributed by atoms with Crippen molar-refractivity contribution in [3.05, 3.63) is 0 Å². The van der Waals surface area contributed by atoms with Gasteiger partial charge in [0.25, 0.3) is 0 Å². The van der Waals surface area contributed by atoms with Gasteiger partial charge < -0.3 is 21.7 Å². The van der Waals surface area contributed by atoms with Crippen LogP contribution in [0.1, 0.15) is 27.7 Å². The van der Waals surface area contributed by atoms with Crippen LogP contribution in [0.4, 0.5) is 0 Å². The molecule has 0 aliphatic carbocycles. The van der Waals surface area contributed by atoms with Crippen molar-refractivity contribution in [2.24, 2.45) is 17.4 Å². The number of aliphatic hydroxyl groups is 2. The van der Waals surface area contributed by atoms with E-state index in [-0.39, 0.29) is 12.5 Å². The number of aliphatic hydroxyl groups excluding tert-OH is 2. The number of nitrogens with two attached hydrogens (primary N) is 2. The van der Waals surface area contributed by atoms with Gasteiger partial charge in [0.05, 0.1) is 6.61 Å². The summed E-state index contributed by atoms with van der Waals surface area (Å²) in [6.07, 6.45) is -0.648. The summed E-state index contributed by atoms with van der Waals surface area (Å²) in [6.45, 7) is 7.32.